The summed E-state index contributed by atoms with van der Waals surface area (Å²) in [5, 5.41) is 5.49. The molecule has 0 radical (unpaired) electrons. The van der Waals surface area contributed by atoms with Crippen LogP contribution in [0.5, 0.6) is 0 Å². The van der Waals surface area contributed by atoms with E-state index in [0.717, 1.165) is 15.8 Å². The predicted octanol–water partition coefficient (Wildman–Crippen LogP) is 5.33. The van der Waals surface area contributed by atoms with Gasteiger partial charge in [0.1, 0.15) is 9.98 Å². The van der Waals surface area contributed by atoms with Crippen molar-refractivity contribution in [3.63, 3.8) is 0 Å². The van der Waals surface area contributed by atoms with Gasteiger partial charge in [0.25, 0.3) is 0 Å². The number of hydrogen-bond donors (Lipinski definition) is 0. The Kier molecular flexibility index (Phi) is 2.84. The van der Waals surface area contributed by atoms with Crippen LogP contribution in [0.2, 0.25) is 5.15 Å². The molecular weight excluding hydrogens is 312 g/mol. The van der Waals surface area contributed by atoms with Crippen molar-refractivity contribution in [2.75, 3.05) is 0 Å². The number of halogens is 1. The summed E-state index contributed by atoms with van der Waals surface area (Å²) in [7, 11) is 0. The Hall–Kier alpha value is -1.69. The van der Waals surface area contributed by atoms with Crippen LogP contribution in [0.1, 0.15) is 0 Å². The molecular formula is C14H7ClN2OS2. The first kappa shape index (κ1) is 12.1. The van der Waals surface area contributed by atoms with Crippen molar-refractivity contribution in [1.29, 1.82) is 0 Å². The van der Waals surface area contributed by atoms with Gasteiger partial charge < -0.3 is 4.42 Å². The summed E-state index contributed by atoms with van der Waals surface area (Å²) < 4.78 is 5.33. The lowest BCUT2D eigenvalue weighted by atomic mass is 10.2. The van der Waals surface area contributed by atoms with Gasteiger partial charge in [0.15, 0.2) is 11.6 Å². The maximum atomic E-state index is 6.36. The van der Waals surface area contributed by atoms with Crippen molar-refractivity contribution >= 4 is 44.5 Å². The highest BCUT2D eigenvalue weighted by molar-refractivity contribution is 7.18. The molecule has 0 N–H and O–H groups in total. The van der Waals surface area contributed by atoms with E-state index in [2.05, 4.69) is 21.4 Å². The van der Waals surface area contributed by atoms with E-state index in [1.165, 1.54) is 4.88 Å². The van der Waals surface area contributed by atoms with E-state index in [1.807, 2.05) is 23.6 Å². The van der Waals surface area contributed by atoms with Crippen LogP contribution in [0.4, 0.5) is 0 Å². The van der Waals surface area contributed by atoms with Gasteiger partial charge in [0, 0.05) is 15.8 Å². The van der Waals surface area contributed by atoms with Crippen LogP contribution in [0.15, 0.2) is 45.7 Å². The lowest BCUT2D eigenvalue weighted by Gasteiger charge is -2.00. The Morgan fingerprint density at radius 2 is 2.05 bits per heavy atom. The summed E-state index contributed by atoms with van der Waals surface area (Å²) in [6.45, 7) is 0. The highest BCUT2D eigenvalue weighted by Crippen LogP contribution is 2.39. The van der Waals surface area contributed by atoms with Crippen molar-refractivity contribution in [2.24, 2.45) is 0 Å². The maximum absolute atomic E-state index is 6.36. The zero-order valence-corrected chi connectivity index (χ0v) is 12.4. The van der Waals surface area contributed by atoms with Crippen molar-refractivity contribution in [3.8, 4) is 22.0 Å². The van der Waals surface area contributed by atoms with Gasteiger partial charge in [-0.15, -0.1) is 22.7 Å². The highest BCUT2D eigenvalue weighted by atomic mass is 35.5. The number of thiophene rings is 2. The van der Waals surface area contributed by atoms with Gasteiger partial charge in [0.2, 0.25) is 0 Å². The molecule has 0 fully saturated rings. The molecule has 0 aliphatic carbocycles. The number of rotatable bonds is 2. The number of aromatic nitrogens is 2. The molecule has 98 valence electrons. The number of nitrogens with zero attached hydrogens (tertiary/aromatic N) is 2. The molecule has 3 nitrogen and oxygen atoms in total. The largest absolute Gasteiger partial charge is 0.461 e. The first-order chi connectivity index (χ1) is 9.83. The van der Waals surface area contributed by atoms with Crippen LogP contribution in [0, 0.1) is 0 Å². The predicted molar refractivity (Wildman–Crippen MR) is 83.4 cm³/mol. The smallest absolute Gasteiger partial charge is 0.198 e. The minimum atomic E-state index is 0.464. The molecule has 0 aliphatic heterocycles. The van der Waals surface area contributed by atoms with Gasteiger partial charge >= 0.3 is 0 Å². The summed E-state index contributed by atoms with van der Waals surface area (Å²) in [6, 6.07) is 7.73. The Bertz CT molecular complexity index is 866. The van der Waals surface area contributed by atoms with Gasteiger partial charge in [-0.05, 0) is 23.6 Å². The number of hydrogen-bond acceptors (Lipinski definition) is 5. The molecule has 0 aliphatic rings. The normalized spacial score (nSPS) is 11.2. The molecule has 0 saturated carbocycles. The van der Waals surface area contributed by atoms with Crippen LogP contribution in [0.25, 0.3) is 32.2 Å². The van der Waals surface area contributed by atoms with E-state index in [4.69, 9.17) is 16.0 Å². The summed E-state index contributed by atoms with van der Waals surface area (Å²) in [5.41, 5.74) is 1.09. The fraction of sp³-hybridized carbons (Fsp3) is 0. The zero-order valence-electron chi connectivity index (χ0n) is 10.0. The Balaban J connectivity index is 1.96. The van der Waals surface area contributed by atoms with Crippen molar-refractivity contribution < 1.29 is 4.42 Å². The molecule has 4 aromatic rings. The number of furan rings is 1. The van der Waals surface area contributed by atoms with Gasteiger partial charge in [0.05, 0.1) is 11.6 Å². The van der Waals surface area contributed by atoms with Crippen LogP contribution in [-0.2, 0) is 0 Å². The summed E-state index contributed by atoms with van der Waals surface area (Å²) in [6.07, 6.45) is 1.60. The molecule has 0 aromatic carbocycles. The first-order valence-corrected chi connectivity index (χ1v) is 7.99. The molecule has 6 heteroatoms. The topological polar surface area (TPSA) is 38.9 Å². The molecule has 4 aromatic heterocycles. The highest BCUT2D eigenvalue weighted by Gasteiger charge is 2.16. The monoisotopic (exact) mass is 318 g/mol. The summed E-state index contributed by atoms with van der Waals surface area (Å²) in [5.74, 6) is 1.15. The molecule has 0 amide bonds. The van der Waals surface area contributed by atoms with Gasteiger partial charge in [-0.3, -0.25) is 0 Å². The van der Waals surface area contributed by atoms with E-state index in [0.29, 0.717) is 16.7 Å². The van der Waals surface area contributed by atoms with Gasteiger partial charge in [-0.25, -0.2) is 9.97 Å². The standard InChI is InChI=1S/C14H7ClN2OS2/c15-12-11-8(10-4-2-6-19-10)7-20-14(11)17-13(16-12)9-3-1-5-18-9/h1-7H. The van der Waals surface area contributed by atoms with Crippen molar-refractivity contribution in [3.05, 3.63) is 46.4 Å². The molecule has 0 saturated heterocycles. The van der Waals surface area contributed by atoms with Crippen LogP contribution < -0.4 is 0 Å². The second-order valence-corrected chi connectivity index (χ2v) is 6.29. The third kappa shape index (κ3) is 1.86. The molecule has 0 bridgehead atoms. The minimum Gasteiger partial charge on any atom is -0.461 e. The van der Waals surface area contributed by atoms with Gasteiger partial charge in [-0.1, -0.05) is 17.7 Å². The Morgan fingerprint density at radius 1 is 1.10 bits per heavy atom. The van der Waals surface area contributed by atoms with E-state index in [9.17, 15) is 0 Å². The molecule has 0 atom stereocenters. The molecule has 0 spiro atoms. The maximum Gasteiger partial charge on any atom is 0.198 e. The summed E-state index contributed by atoms with van der Waals surface area (Å²) in [4.78, 5) is 10.9. The fourth-order valence-electron chi connectivity index (χ4n) is 2.03. The first-order valence-electron chi connectivity index (χ1n) is 5.85. The fourth-order valence-corrected chi connectivity index (χ4v) is 4.12. The lowest BCUT2D eigenvalue weighted by molar-refractivity contribution is 0.577. The van der Waals surface area contributed by atoms with Crippen molar-refractivity contribution in [1.82, 2.24) is 9.97 Å². The van der Waals surface area contributed by atoms with Crippen molar-refractivity contribution in [2.45, 2.75) is 0 Å². The molecule has 0 unspecified atom stereocenters. The Morgan fingerprint density at radius 3 is 2.80 bits per heavy atom. The van der Waals surface area contributed by atoms with E-state index >= 15 is 0 Å². The second-order valence-electron chi connectivity index (χ2n) is 4.12. The zero-order chi connectivity index (χ0) is 13.5. The Labute approximate surface area is 127 Å². The third-order valence-corrected chi connectivity index (χ3v) is 4.97. The van der Waals surface area contributed by atoms with E-state index in [-0.39, 0.29) is 0 Å². The minimum absolute atomic E-state index is 0.464. The average Bonchev–Trinajstić information content (AvgIpc) is 3.19. The van der Waals surface area contributed by atoms with E-state index in [1.54, 1.807) is 28.9 Å². The molecule has 4 rings (SSSR count). The summed E-state index contributed by atoms with van der Waals surface area (Å²) >= 11 is 9.61. The quantitative estimate of drug-likeness (QED) is 0.469. The average molecular weight is 319 g/mol. The lowest BCUT2D eigenvalue weighted by Crippen LogP contribution is -1.88. The van der Waals surface area contributed by atoms with E-state index < -0.39 is 0 Å². The third-order valence-electron chi connectivity index (χ3n) is 2.92. The van der Waals surface area contributed by atoms with Crippen LogP contribution in [0.3, 0.4) is 0 Å². The molecule has 20 heavy (non-hydrogen) atoms. The second kappa shape index (κ2) is 4.70. The van der Waals surface area contributed by atoms with Crippen LogP contribution >= 0.6 is 34.3 Å². The molecule has 4 heterocycles. The van der Waals surface area contributed by atoms with Gasteiger partial charge in [-0.2, -0.15) is 0 Å². The van der Waals surface area contributed by atoms with Crippen LogP contribution in [-0.4, -0.2) is 9.97 Å². The number of fused-ring (bicyclic) bond motifs is 1. The SMILES string of the molecule is Clc1nc(-c2ccco2)nc2scc(-c3cccs3)c12.